The number of aliphatic hydroxyl groups excluding tert-OH is 1. The second-order valence-electron chi connectivity index (χ2n) is 22.3. The minimum atomic E-state index is -1.37. The molecule has 6 aromatic rings. The van der Waals surface area contributed by atoms with Crippen molar-refractivity contribution in [1.29, 1.82) is 0 Å². The molecule has 2 heterocycles. The Balaban J connectivity index is 0.000000263. The molecule has 0 saturated carbocycles. The molecule has 0 radical (unpaired) electrons. The first-order valence-electron chi connectivity index (χ1n) is 27.7. The van der Waals surface area contributed by atoms with Crippen LogP contribution in [0.4, 0.5) is 21.0 Å². The molecule has 2 saturated heterocycles. The zero-order valence-electron chi connectivity index (χ0n) is 49.0. The number of methoxy groups -OCH3 is 2. The second-order valence-corrected chi connectivity index (χ2v) is 24.9. The third kappa shape index (κ3) is 22.0. The number of phenolic OH excluding ortho intramolecular Hbond substituents is 1. The van der Waals surface area contributed by atoms with Gasteiger partial charge < -0.3 is 55.2 Å². The molecule has 2 fully saturated rings. The minimum Gasteiger partial charge on any atom is -0.506 e. The van der Waals surface area contributed by atoms with Crippen molar-refractivity contribution < 1.29 is 53.1 Å². The molecule has 8 rings (SSSR count). The quantitative estimate of drug-likeness (QED) is 0.0239. The molecule has 86 heavy (non-hydrogen) atoms. The van der Waals surface area contributed by atoms with Gasteiger partial charge in [0.05, 0.1) is 60.8 Å². The highest BCUT2D eigenvalue weighted by atomic mass is 79.9. The molecule has 2 aliphatic rings. The van der Waals surface area contributed by atoms with E-state index in [1.54, 1.807) is 65.8 Å². The summed E-state index contributed by atoms with van der Waals surface area (Å²) in [5.41, 5.74) is 5.18. The summed E-state index contributed by atoms with van der Waals surface area (Å²) in [6.07, 6.45) is -3.82. The van der Waals surface area contributed by atoms with Gasteiger partial charge in [-0.2, -0.15) is 0 Å². The van der Waals surface area contributed by atoms with Crippen LogP contribution in [0.2, 0.25) is 10.0 Å². The number of aromatic hydroxyl groups is 1. The average Bonchev–Trinajstić information content (AvgIpc) is 1.19. The lowest BCUT2D eigenvalue weighted by Crippen LogP contribution is -2.51. The fourth-order valence-electron chi connectivity index (χ4n) is 9.28. The average molecular weight is 1350 g/mol. The van der Waals surface area contributed by atoms with Crippen molar-refractivity contribution in [2.75, 3.05) is 77.2 Å². The number of amides is 2. The fourth-order valence-corrected chi connectivity index (χ4v) is 10.3. The Kier molecular flexibility index (Phi) is 27.4. The van der Waals surface area contributed by atoms with E-state index in [4.69, 9.17) is 47.3 Å². The third-order valence-corrected chi connectivity index (χ3v) is 15.7. The number of carbonyl (C=O) groups excluding carboxylic acids is 4. The van der Waals surface area contributed by atoms with Crippen LogP contribution < -0.4 is 26.0 Å². The number of anilines is 2. The van der Waals surface area contributed by atoms with Crippen LogP contribution >= 0.6 is 55.1 Å². The molecule has 21 heteroatoms. The maximum absolute atomic E-state index is 12.5. The lowest BCUT2D eigenvalue weighted by Gasteiger charge is -2.45. The summed E-state index contributed by atoms with van der Waals surface area (Å²) in [7, 11) is 2.42. The number of ether oxygens (including phenoxy) is 5. The van der Waals surface area contributed by atoms with Crippen molar-refractivity contribution in [3.05, 3.63) is 187 Å². The Morgan fingerprint density at radius 1 is 0.570 bits per heavy atom. The van der Waals surface area contributed by atoms with Crippen LogP contribution in [-0.4, -0.2) is 134 Å². The predicted octanol–water partition coefficient (Wildman–Crippen LogP) is 13.3. The van der Waals surface area contributed by atoms with Gasteiger partial charge in [-0.3, -0.25) is 9.80 Å². The Morgan fingerprint density at radius 2 is 0.930 bits per heavy atom. The predicted molar refractivity (Wildman–Crippen MR) is 346 cm³/mol. The van der Waals surface area contributed by atoms with Crippen LogP contribution in [0.3, 0.4) is 0 Å². The molecular weight excluding hydrogens is 1270 g/mol. The topological polar surface area (TPSA) is 209 Å². The van der Waals surface area contributed by atoms with Gasteiger partial charge >= 0.3 is 24.1 Å². The Morgan fingerprint density at radius 3 is 1.31 bits per heavy atom. The van der Waals surface area contributed by atoms with Gasteiger partial charge in [0.25, 0.3) is 0 Å². The van der Waals surface area contributed by atoms with E-state index in [9.17, 15) is 24.3 Å². The largest absolute Gasteiger partial charge is 0.506 e. The smallest absolute Gasteiger partial charge is 0.407 e. The number of phenols is 1. The van der Waals surface area contributed by atoms with E-state index in [1.807, 2.05) is 12.1 Å². The van der Waals surface area contributed by atoms with Gasteiger partial charge in [0.15, 0.2) is 6.10 Å². The number of nitrogens with zero attached hydrogens (tertiary/aromatic N) is 2. The van der Waals surface area contributed by atoms with Crippen molar-refractivity contribution in [3.8, 4) is 11.5 Å². The molecule has 2 atom stereocenters. The zero-order valence-corrected chi connectivity index (χ0v) is 53.6. The van der Waals surface area contributed by atoms with Crippen LogP contribution in [0, 0.1) is 11.8 Å². The first-order valence-corrected chi connectivity index (χ1v) is 30.0. The number of rotatable bonds is 20. The normalized spacial score (nSPS) is 14.2. The van der Waals surface area contributed by atoms with Crippen LogP contribution in [0.15, 0.2) is 155 Å². The highest BCUT2D eigenvalue weighted by molar-refractivity contribution is 9.10. The number of hydrogen-bond acceptors (Lipinski definition) is 15. The maximum atomic E-state index is 12.5. The molecule has 2 amide bonds. The molecule has 17 nitrogen and oxygen atoms in total. The Hall–Kier alpha value is -6.58. The number of halogens is 4. The molecule has 2 aliphatic heterocycles. The van der Waals surface area contributed by atoms with Crippen molar-refractivity contribution in [1.82, 2.24) is 20.4 Å². The van der Waals surface area contributed by atoms with Gasteiger partial charge in [-0.05, 0) is 120 Å². The zero-order chi connectivity index (χ0) is 61.8. The van der Waals surface area contributed by atoms with E-state index in [2.05, 4.69) is 177 Å². The lowest BCUT2D eigenvalue weighted by molar-refractivity contribution is -0.150. The molecule has 0 aliphatic carbocycles. The number of benzene rings is 6. The summed E-state index contributed by atoms with van der Waals surface area (Å²) in [5, 5.41) is 31.9. The van der Waals surface area contributed by atoms with E-state index in [0.29, 0.717) is 54.5 Å². The summed E-state index contributed by atoms with van der Waals surface area (Å²) in [4.78, 5) is 51.5. The first-order chi connectivity index (χ1) is 40.4. The van der Waals surface area contributed by atoms with E-state index in [0.717, 1.165) is 39.8 Å². The number of alkyl carbamates (subject to hydrolysis) is 2. The highest BCUT2D eigenvalue weighted by Crippen LogP contribution is 2.39. The molecular formula is C65H80Br2Cl2N6O11. The van der Waals surface area contributed by atoms with Crippen molar-refractivity contribution >= 4 is 90.6 Å². The van der Waals surface area contributed by atoms with Crippen molar-refractivity contribution in [2.45, 2.75) is 84.5 Å². The Labute approximate surface area is 532 Å². The van der Waals surface area contributed by atoms with Crippen LogP contribution in [0.5, 0.6) is 11.5 Å². The van der Waals surface area contributed by atoms with Gasteiger partial charge in [0.1, 0.15) is 22.7 Å². The molecule has 0 spiro atoms. The minimum absolute atomic E-state index is 0. The van der Waals surface area contributed by atoms with Gasteiger partial charge in [0, 0.05) is 60.0 Å². The van der Waals surface area contributed by atoms with Crippen molar-refractivity contribution in [3.63, 3.8) is 0 Å². The summed E-state index contributed by atoms with van der Waals surface area (Å²) in [6.45, 7) is 15.4. The van der Waals surface area contributed by atoms with E-state index >= 15 is 0 Å². The van der Waals surface area contributed by atoms with E-state index in [1.165, 1.54) is 29.4 Å². The first kappa shape index (κ1) is 70.2. The maximum Gasteiger partial charge on any atom is 0.407 e. The van der Waals surface area contributed by atoms with Crippen LogP contribution in [0.1, 0.15) is 83.3 Å². The number of likely N-dealkylation sites (tertiary alicyclic amines) is 2. The number of carbonyl (C=O) groups is 4. The van der Waals surface area contributed by atoms with E-state index in [-0.39, 0.29) is 38.3 Å². The van der Waals surface area contributed by atoms with Gasteiger partial charge in [0.2, 0.25) is 6.10 Å². The SMILES string of the molecule is C.COC(=O)C(CNC(=O)OC(C)(C)C)Oc1cc(Br)c(Cl)cc1NCC1CN(C(c2ccccc2)c2ccccc2)C1.COC(=O)C(O)CNC(=O)OC(C)(C)C.Oc1cc(Br)c(Cl)cc1NCC1CN(C(c2ccccc2)c2ccccc2)C1. The van der Waals surface area contributed by atoms with Crippen LogP contribution in [-0.2, 0) is 28.5 Å². The highest BCUT2D eigenvalue weighted by Gasteiger charge is 2.36. The molecule has 464 valence electrons. The molecule has 2 unspecified atom stereocenters. The van der Waals surface area contributed by atoms with E-state index < -0.39 is 47.5 Å². The van der Waals surface area contributed by atoms with Gasteiger partial charge in [-0.15, -0.1) is 0 Å². The summed E-state index contributed by atoms with van der Waals surface area (Å²) >= 11 is 19.3. The number of esters is 2. The Bertz CT molecular complexity index is 3020. The fraction of sp³-hybridized carbons (Fsp3) is 0.385. The molecule has 6 N–H and O–H groups in total. The molecule has 6 aromatic carbocycles. The number of hydrogen-bond donors (Lipinski definition) is 6. The summed E-state index contributed by atoms with van der Waals surface area (Å²) in [6, 6.07) is 49.7. The number of aliphatic hydroxyl groups is 1. The van der Waals surface area contributed by atoms with Crippen molar-refractivity contribution in [2.24, 2.45) is 11.8 Å². The monoisotopic (exact) mass is 1350 g/mol. The van der Waals surface area contributed by atoms with Gasteiger partial charge in [-0.1, -0.05) is 152 Å². The number of nitrogens with one attached hydrogen (secondary N) is 4. The molecule has 0 bridgehead atoms. The summed E-state index contributed by atoms with van der Waals surface area (Å²) in [5.74, 6) is 0.0861. The molecule has 0 aromatic heterocycles. The van der Waals surface area contributed by atoms with Crippen LogP contribution in [0.25, 0.3) is 0 Å². The standard InChI is InChI=1S/C32H37BrClN3O5.C23H22BrClN2O.C9H17NO5.CH4/c1-32(2,3)42-31(39)36-18-28(30(38)40-4)41-27-15-24(33)25(34)16-26(27)35-17-21-19-37(20-21)29(22-11-7-5-8-12-22)23-13-9-6-10-14-23;24-19-11-22(28)21(12-20(19)25)26-13-16-14-27(15-16)23(17-7-3-1-4-8-17)18-9-5-2-6-10-18;1-9(2,3)15-8(13)10-5-6(11)7(12)14-4;/h5-16,21,28-29,35H,17-20H2,1-4H3,(H,36,39);1-12,16,23,26,28H,13-15H2;6,11H,5H2,1-4H3,(H,10,13);1H4. The lowest BCUT2D eigenvalue weighted by atomic mass is 9.90. The second kappa shape index (κ2) is 33.5. The summed E-state index contributed by atoms with van der Waals surface area (Å²) < 4.78 is 26.7. The third-order valence-electron chi connectivity index (χ3n) is 13.3. The van der Waals surface area contributed by atoms with Gasteiger partial charge in [-0.25, -0.2) is 19.2 Å².